The molecule has 0 aliphatic heterocycles. The summed E-state index contributed by atoms with van der Waals surface area (Å²) in [6.45, 7) is 9.83. The third kappa shape index (κ3) is 6.21. The smallest absolute Gasteiger partial charge is 0.0208 e. The Morgan fingerprint density at radius 1 is 1.21 bits per heavy atom. The predicted octanol–water partition coefficient (Wildman–Crippen LogP) is 4.42. The van der Waals surface area contributed by atoms with Crippen LogP contribution in [0.5, 0.6) is 0 Å². The Hall–Kier alpha value is -1.60. The fraction of sp³-hybridized carbons (Fsp3) is 0.333. The molecule has 1 N–H and O–H groups in total. The largest absolute Gasteiger partial charge is 0.309 e. The molecule has 0 atom stereocenters. The molecule has 0 heterocycles. The lowest BCUT2D eigenvalue weighted by molar-refractivity contribution is 0.731. The highest BCUT2D eigenvalue weighted by atomic mass is 14.8. The van der Waals surface area contributed by atoms with Crippen molar-refractivity contribution in [1.29, 1.82) is 0 Å². The number of rotatable bonds is 8. The van der Waals surface area contributed by atoms with Crippen LogP contribution in [0.25, 0.3) is 0 Å². The van der Waals surface area contributed by atoms with Crippen LogP contribution in [0.2, 0.25) is 0 Å². The first-order valence-electron chi connectivity index (χ1n) is 7.00. The number of nitrogens with one attached hydrogen (secondary N) is 1. The highest BCUT2D eigenvalue weighted by Gasteiger charge is 1.96. The molecule has 0 saturated heterocycles. The van der Waals surface area contributed by atoms with Gasteiger partial charge in [0.15, 0.2) is 0 Å². The van der Waals surface area contributed by atoms with E-state index in [0.717, 1.165) is 25.9 Å². The van der Waals surface area contributed by atoms with Crippen LogP contribution < -0.4 is 5.32 Å². The lowest BCUT2D eigenvalue weighted by atomic mass is 10.1. The van der Waals surface area contributed by atoms with Crippen LogP contribution >= 0.6 is 0 Å². The van der Waals surface area contributed by atoms with E-state index in [1.807, 2.05) is 19.1 Å². The molecule has 0 radical (unpaired) electrons. The third-order valence-electron chi connectivity index (χ3n) is 3.04. The fourth-order valence-corrected chi connectivity index (χ4v) is 1.88. The Kier molecular flexibility index (Phi) is 7.60. The zero-order valence-corrected chi connectivity index (χ0v) is 12.2. The number of benzene rings is 1. The van der Waals surface area contributed by atoms with Gasteiger partial charge in [-0.2, -0.15) is 0 Å². The van der Waals surface area contributed by atoms with E-state index in [9.17, 15) is 0 Å². The van der Waals surface area contributed by atoms with Crippen LogP contribution in [0.1, 0.15) is 31.4 Å². The summed E-state index contributed by atoms with van der Waals surface area (Å²) in [5, 5.41) is 3.48. The summed E-state index contributed by atoms with van der Waals surface area (Å²) >= 11 is 0. The minimum Gasteiger partial charge on any atom is -0.309 e. The van der Waals surface area contributed by atoms with Gasteiger partial charge in [0.05, 0.1) is 0 Å². The Bertz CT molecular complexity index is 424. The van der Waals surface area contributed by atoms with Crippen molar-refractivity contribution < 1.29 is 0 Å². The Morgan fingerprint density at radius 3 is 2.47 bits per heavy atom. The molecule has 1 aromatic carbocycles. The van der Waals surface area contributed by atoms with Crippen LogP contribution in [0.15, 0.2) is 60.7 Å². The average molecular weight is 255 g/mol. The van der Waals surface area contributed by atoms with E-state index in [2.05, 4.69) is 55.2 Å². The maximum Gasteiger partial charge on any atom is 0.0208 e. The van der Waals surface area contributed by atoms with Gasteiger partial charge in [-0.05, 0) is 30.9 Å². The summed E-state index contributed by atoms with van der Waals surface area (Å²) in [5.41, 5.74) is 4.09. The predicted molar refractivity (Wildman–Crippen MR) is 85.2 cm³/mol. The van der Waals surface area contributed by atoms with E-state index in [1.165, 1.54) is 16.7 Å². The molecule has 1 aromatic rings. The highest BCUT2D eigenvalue weighted by Crippen LogP contribution is 2.06. The standard InChI is InChI=1S/C18H25N/c1-4-7-9-17(8-5-2)14-19-15-18-12-10-16(6-3)11-13-18/h4-5,7,9-13,19H,2,6,8,14-15H2,1,3H3/b7-4-,17-9+. The van der Waals surface area contributed by atoms with Gasteiger partial charge >= 0.3 is 0 Å². The number of hydrogen-bond donors (Lipinski definition) is 1. The van der Waals surface area contributed by atoms with Crippen molar-refractivity contribution in [3.63, 3.8) is 0 Å². The second kappa shape index (κ2) is 9.35. The summed E-state index contributed by atoms with van der Waals surface area (Å²) in [5.74, 6) is 0. The van der Waals surface area contributed by atoms with E-state index in [0.29, 0.717) is 0 Å². The van der Waals surface area contributed by atoms with E-state index in [4.69, 9.17) is 0 Å². The first kappa shape index (κ1) is 15.5. The quantitative estimate of drug-likeness (QED) is 0.535. The number of hydrogen-bond acceptors (Lipinski definition) is 1. The maximum absolute atomic E-state index is 3.80. The number of allylic oxidation sites excluding steroid dienone is 4. The monoisotopic (exact) mass is 255 g/mol. The molecule has 0 aliphatic carbocycles. The second-order valence-corrected chi connectivity index (χ2v) is 4.62. The SMILES string of the molecule is C=CC/C(=C\C=C/C)CNCc1ccc(CC)cc1. The van der Waals surface area contributed by atoms with Crippen molar-refractivity contribution in [2.45, 2.75) is 33.2 Å². The van der Waals surface area contributed by atoms with Gasteiger partial charge in [-0.1, -0.05) is 61.1 Å². The van der Waals surface area contributed by atoms with Crippen LogP contribution in [-0.2, 0) is 13.0 Å². The summed E-state index contributed by atoms with van der Waals surface area (Å²) in [6.07, 6.45) is 10.3. The molecule has 0 fully saturated rings. The molecule has 0 amide bonds. The fourth-order valence-electron chi connectivity index (χ4n) is 1.88. The normalized spacial score (nSPS) is 12.0. The molecule has 0 saturated carbocycles. The summed E-state index contributed by atoms with van der Waals surface area (Å²) in [6, 6.07) is 8.82. The van der Waals surface area contributed by atoms with Crippen molar-refractivity contribution in [2.24, 2.45) is 0 Å². The van der Waals surface area contributed by atoms with Gasteiger partial charge in [-0.25, -0.2) is 0 Å². The lowest BCUT2D eigenvalue weighted by Crippen LogP contribution is -2.16. The summed E-state index contributed by atoms with van der Waals surface area (Å²) in [4.78, 5) is 0. The Balaban J connectivity index is 2.44. The van der Waals surface area contributed by atoms with Gasteiger partial charge in [-0.3, -0.25) is 0 Å². The molecule has 102 valence electrons. The minimum absolute atomic E-state index is 0.909. The van der Waals surface area contributed by atoms with E-state index in [1.54, 1.807) is 0 Å². The molecule has 1 nitrogen and oxygen atoms in total. The molecule has 0 aliphatic rings. The zero-order chi connectivity index (χ0) is 13.9. The Morgan fingerprint density at radius 2 is 1.89 bits per heavy atom. The topological polar surface area (TPSA) is 12.0 Å². The van der Waals surface area contributed by atoms with Crippen molar-refractivity contribution in [3.05, 3.63) is 71.8 Å². The van der Waals surface area contributed by atoms with Crippen molar-refractivity contribution in [2.75, 3.05) is 6.54 Å². The van der Waals surface area contributed by atoms with Crippen molar-refractivity contribution in [3.8, 4) is 0 Å². The Labute approximate surface area is 117 Å². The van der Waals surface area contributed by atoms with Gasteiger partial charge in [0.1, 0.15) is 0 Å². The maximum atomic E-state index is 3.80. The minimum atomic E-state index is 0.909. The van der Waals surface area contributed by atoms with Gasteiger partial charge < -0.3 is 5.32 Å². The van der Waals surface area contributed by atoms with Gasteiger partial charge in [0.2, 0.25) is 0 Å². The molecule has 0 spiro atoms. The molecular formula is C18H25N. The van der Waals surface area contributed by atoms with E-state index >= 15 is 0 Å². The molecule has 1 heteroatoms. The second-order valence-electron chi connectivity index (χ2n) is 4.62. The first-order valence-corrected chi connectivity index (χ1v) is 7.00. The molecule has 19 heavy (non-hydrogen) atoms. The highest BCUT2D eigenvalue weighted by molar-refractivity contribution is 5.22. The van der Waals surface area contributed by atoms with Crippen LogP contribution in [0, 0.1) is 0 Å². The molecule has 0 bridgehead atoms. The van der Waals surface area contributed by atoms with Gasteiger partial charge in [-0.15, -0.1) is 6.58 Å². The van der Waals surface area contributed by atoms with Gasteiger partial charge in [0.25, 0.3) is 0 Å². The first-order chi connectivity index (χ1) is 9.30. The van der Waals surface area contributed by atoms with Crippen LogP contribution in [0.3, 0.4) is 0 Å². The van der Waals surface area contributed by atoms with Crippen LogP contribution in [-0.4, -0.2) is 6.54 Å². The zero-order valence-electron chi connectivity index (χ0n) is 12.2. The van der Waals surface area contributed by atoms with Crippen molar-refractivity contribution >= 4 is 0 Å². The summed E-state index contributed by atoms with van der Waals surface area (Å²) < 4.78 is 0. The lowest BCUT2D eigenvalue weighted by Gasteiger charge is -2.08. The third-order valence-corrected chi connectivity index (χ3v) is 3.04. The van der Waals surface area contributed by atoms with Gasteiger partial charge in [0, 0.05) is 13.1 Å². The molecule has 1 rings (SSSR count). The van der Waals surface area contributed by atoms with Crippen LogP contribution in [0.4, 0.5) is 0 Å². The molecular weight excluding hydrogens is 230 g/mol. The number of aryl methyl sites for hydroxylation is 1. The van der Waals surface area contributed by atoms with E-state index < -0.39 is 0 Å². The average Bonchev–Trinajstić information content (AvgIpc) is 2.45. The summed E-state index contributed by atoms with van der Waals surface area (Å²) in [7, 11) is 0. The van der Waals surface area contributed by atoms with Crippen molar-refractivity contribution in [1.82, 2.24) is 5.32 Å². The van der Waals surface area contributed by atoms with E-state index in [-0.39, 0.29) is 0 Å². The molecule has 0 aromatic heterocycles. The molecule has 0 unspecified atom stereocenters.